The SMILES string of the molecule is CCOC(=O)CC1CC(=O)c2cc([N+](=O)[O-])ccc2O1.CCOC(=O)CC1CC(=O)c2ccccc2O1. The molecule has 0 aromatic heterocycles. The zero-order valence-corrected chi connectivity index (χ0v) is 20.5. The summed E-state index contributed by atoms with van der Waals surface area (Å²) in [5, 5.41) is 10.7. The van der Waals surface area contributed by atoms with Gasteiger partial charge in [0.2, 0.25) is 0 Å². The Morgan fingerprint density at radius 1 is 0.865 bits per heavy atom. The van der Waals surface area contributed by atoms with Crippen LogP contribution in [-0.4, -0.2) is 53.9 Å². The van der Waals surface area contributed by atoms with Crippen LogP contribution in [0.1, 0.15) is 60.2 Å². The summed E-state index contributed by atoms with van der Waals surface area (Å²) in [6.45, 7) is 4.05. The highest BCUT2D eigenvalue weighted by Crippen LogP contribution is 2.32. The minimum Gasteiger partial charge on any atom is -0.489 e. The Morgan fingerprint density at radius 3 is 1.92 bits per heavy atom. The third-order valence-electron chi connectivity index (χ3n) is 5.47. The monoisotopic (exact) mass is 513 g/mol. The Kier molecular flexibility index (Phi) is 9.31. The Labute approximate surface area is 212 Å². The molecule has 11 nitrogen and oxygen atoms in total. The molecule has 2 unspecified atom stereocenters. The summed E-state index contributed by atoms with van der Waals surface area (Å²) in [4.78, 5) is 56.5. The minimum absolute atomic E-state index is 0.00693. The zero-order chi connectivity index (χ0) is 26.9. The molecule has 2 heterocycles. The molecule has 0 aliphatic carbocycles. The molecular formula is C26H27NO10. The van der Waals surface area contributed by atoms with Crippen molar-refractivity contribution in [1.29, 1.82) is 0 Å². The molecule has 196 valence electrons. The van der Waals surface area contributed by atoms with Gasteiger partial charge in [0.05, 0.1) is 42.1 Å². The van der Waals surface area contributed by atoms with Gasteiger partial charge in [0.1, 0.15) is 23.7 Å². The first kappa shape index (κ1) is 27.3. The van der Waals surface area contributed by atoms with Crippen molar-refractivity contribution in [1.82, 2.24) is 0 Å². The van der Waals surface area contributed by atoms with Gasteiger partial charge in [-0.2, -0.15) is 0 Å². The fourth-order valence-electron chi connectivity index (χ4n) is 3.87. The topological polar surface area (TPSA) is 148 Å². The molecule has 0 N–H and O–H groups in total. The zero-order valence-electron chi connectivity index (χ0n) is 20.5. The fraction of sp³-hybridized carbons (Fsp3) is 0.385. The maximum atomic E-state index is 12.0. The van der Waals surface area contributed by atoms with Gasteiger partial charge >= 0.3 is 11.9 Å². The highest BCUT2D eigenvalue weighted by molar-refractivity contribution is 6.01. The van der Waals surface area contributed by atoms with Crippen molar-refractivity contribution in [2.45, 2.75) is 51.7 Å². The molecule has 2 aromatic carbocycles. The van der Waals surface area contributed by atoms with Crippen LogP contribution in [0.4, 0.5) is 5.69 Å². The second kappa shape index (κ2) is 12.6. The predicted molar refractivity (Wildman–Crippen MR) is 129 cm³/mol. The van der Waals surface area contributed by atoms with E-state index in [-0.39, 0.29) is 66.8 Å². The van der Waals surface area contributed by atoms with Gasteiger partial charge in [-0.25, -0.2) is 0 Å². The van der Waals surface area contributed by atoms with Crippen LogP contribution in [0.25, 0.3) is 0 Å². The number of Topliss-reactive ketones (excluding diaryl/α,β-unsaturated/α-hetero) is 2. The van der Waals surface area contributed by atoms with E-state index in [1.807, 2.05) is 0 Å². The molecule has 0 fully saturated rings. The summed E-state index contributed by atoms with van der Waals surface area (Å²) < 4.78 is 20.7. The average Bonchev–Trinajstić information content (AvgIpc) is 2.84. The van der Waals surface area contributed by atoms with Crippen LogP contribution >= 0.6 is 0 Å². The number of nitro benzene ring substituents is 1. The lowest BCUT2D eigenvalue weighted by atomic mass is 9.98. The van der Waals surface area contributed by atoms with Gasteiger partial charge in [-0.05, 0) is 32.0 Å². The maximum absolute atomic E-state index is 12.0. The standard InChI is InChI=1S/C13H13NO6.C13H14O4/c1-2-19-13(16)7-9-6-11(15)10-5-8(14(17)18)3-4-12(10)20-9;1-2-16-13(15)8-9-7-11(14)10-5-3-4-6-12(10)17-9/h3-5,9H,2,6-7H2,1H3;3-6,9H,2,7-8H2,1H3. The molecule has 2 aromatic rings. The molecule has 0 saturated heterocycles. The molecule has 0 spiro atoms. The number of carbonyl (C=O) groups excluding carboxylic acids is 4. The van der Waals surface area contributed by atoms with E-state index in [9.17, 15) is 29.3 Å². The second-order valence-electron chi connectivity index (χ2n) is 8.19. The van der Waals surface area contributed by atoms with Crippen LogP contribution in [0, 0.1) is 10.1 Å². The maximum Gasteiger partial charge on any atom is 0.309 e. The number of hydrogen-bond donors (Lipinski definition) is 0. The number of para-hydroxylation sites is 1. The Bertz CT molecular complexity index is 1190. The number of non-ortho nitro benzene ring substituents is 1. The van der Waals surface area contributed by atoms with Crippen molar-refractivity contribution in [3.05, 3.63) is 63.7 Å². The summed E-state index contributed by atoms with van der Waals surface area (Å²) in [5.41, 5.74) is 0.608. The minimum atomic E-state index is -0.587. The molecule has 0 saturated carbocycles. The Hall–Kier alpha value is -4.28. The summed E-state index contributed by atoms with van der Waals surface area (Å²) in [5.74, 6) is -0.204. The third-order valence-corrected chi connectivity index (χ3v) is 5.47. The molecule has 0 amide bonds. The molecule has 0 radical (unpaired) electrons. The summed E-state index contributed by atoms with van der Waals surface area (Å²) in [6.07, 6.45) is -0.654. The van der Waals surface area contributed by atoms with Crippen molar-refractivity contribution in [2.24, 2.45) is 0 Å². The summed E-state index contributed by atoms with van der Waals surface area (Å²) in [7, 11) is 0. The van der Waals surface area contributed by atoms with Gasteiger partial charge in [-0.15, -0.1) is 0 Å². The van der Waals surface area contributed by atoms with Gasteiger partial charge in [0.25, 0.3) is 5.69 Å². The van der Waals surface area contributed by atoms with E-state index in [4.69, 9.17) is 18.9 Å². The normalized spacial score (nSPS) is 17.6. The van der Waals surface area contributed by atoms with E-state index in [0.29, 0.717) is 17.9 Å². The van der Waals surface area contributed by atoms with Crippen molar-refractivity contribution >= 4 is 29.2 Å². The molecule has 0 bridgehead atoms. The number of ether oxygens (including phenoxy) is 4. The van der Waals surface area contributed by atoms with E-state index < -0.39 is 23.1 Å². The molecule has 2 atom stereocenters. The molecule has 2 aliphatic rings. The predicted octanol–water partition coefficient (Wildman–Crippen LogP) is 3.86. The summed E-state index contributed by atoms with van der Waals surface area (Å²) in [6, 6.07) is 10.9. The quantitative estimate of drug-likeness (QED) is 0.303. The van der Waals surface area contributed by atoms with Crippen molar-refractivity contribution in [3.63, 3.8) is 0 Å². The number of nitrogens with zero attached hydrogens (tertiary/aromatic N) is 1. The smallest absolute Gasteiger partial charge is 0.309 e. The first-order chi connectivity index (χ1) is 17.7. The molecule has 2 aliphatic heterocycles. The fourth-order valence-corrected chi connectivity index (χ4v) is 3.87. The van der Waals surface area contributed by atoms with Gasteiger partial charge in [0.15, 0.2) is 11.6 Å². The third kappa shape index (κ3) is 7.35. The molecule has 4 rings (SSSR count). The first-order valence-electron chi connectivity index (χ1n) is 11.8. The molecule has 11 heteroatoms. The number of esters is 2. The van der Waals surface area contributed by atoms with Gasteiger partial charge < -0.3 is 18.9 Å². The summed E-state index contributed by atoms with van der Waals surface area (Å²) >= 11 is 0. The van der Waals surface area contributed by atoms with Crippen LogP contribution in [0.3, 0.4) is 0 Å². The number of fused-ring (bicyclic) bond motifs is 2. The van der Waals surface area contributed by atoms with E-state index in [2.05, 4.69) is 0 Å². The van der Waals surface area contributed by atoms with Crippen LogP contribution in [0.5, 0.6) is 11.5 Å². The lowest BCUT2D eigenvalue weighted by Gasteiger charge is -2.24. The number of carbonyl (C=O) groups is 4. The van der Waals surface area contributed by atoms with E-state index in [1.54, 1.807) is 38.1 Å². The Balaban J connectivity index is 0.000000208. The number of ketones is 2. The first-order valence-corrected chi connectivity index (χ1v) is 11.8. The van der Waals surface area contributed by atoms with Crippen molar-refractivity contribution in [3.8, 4) is 11.5 Å². The number of nitro groups is 1. The van der Waals surface area contributed by atoms with Crippen LogP contribution in [-0.2, 0) is 19.1 Å². The van der Waals surface area contributed by atoms with E-state index >= 15 is 0 Å². The number of hydrogen-bond acceptors (Lipinski definition) is 10. The highest BCUT2D eigenvalue weighted by Gasteiger charge is 2.30. The van der Waals surface area contributed by atoms with Crippen LogP contribution < -0.4 is 9.47 Å². The van der Waals surface area contributed by atoms with Gasteiger partial charge in [0, 0.05) is 25.0 Å². The van der Waals surface area contributed by atoms with Crippen LogP contribution in [0.2, 0.25) is 0 Å². The lowest BCUT2D eigenvalue weighted by molar-refractivity contribution is -0.384. The average molecular weight is 513 g/mol. The second-order valence-corrected chi connectivity index (χ2v) is 8.19. The largest absolute Gasteiger partial charge is 0.489 e. The molecular weight excluding hydrogens is 486 g/mol. The molecule has 37 heavy (non-hydrogen) atoms. The van der Waals surface area contributed by atoms with Crippen molar-refractivity contribution in [2.75, 3.05) is 13.2 Å². The van der Waals surface area contributed by atoms with E-state index in [0.717, 1.165) is 0 Å². The van der Waals surface area contributed by atoms with Gasteiger partial charge in [-0.1, -0.05) is 12.1 Å². The number of benzene rings is 2. The van der Waals surface area contributed by atoms with E-state index in [1.165, 1.54) is 18.2 Å². The lowest BCUT2D eigenvalue weighted by Crippen LogP contribution is -2.29. The van der Waals surface area contributed by atoms with Crippen LogP contribution in [0.15, 0.2) is 42.5 Å². The number of rotatable bonds is 7. The Morgan fingerprint density at radius 2 is 1.38 bits per heavy atom. The van der Waals surface area contributed by atoms with Crippen molar-refractivity contribution < 1.29 is 43.0 Å². The van der Waals surface area contributed by atoms with Gasteiger partial charge in [-0.3, -0.25) is 29.3 Å². The highest BCUT2D eigenvalue weighted by atomic mass is 16.6.